The Bertz CT molecular complexity index is 636. The summed E-state index contributed by atoms with van der Waals surface area (Å²) in [7, 11) is 2.04. The molecule has 0 aliphatic rings. The zero-order chi connectivity index (χ0) is 16.7. The molecular weight excluding hydrogens is 328 g/mol. The standard InChI is InChI=1S/C17H23ClN4S/c1-4-19-17(20-10-9-16-12-23-13(2)21-16)22(3)11-14-5-7-15(18)8-6-14/h5-8,12H,4,9-11H2,1-3H3,(H,19,20). The molecule has 4 nitrogen and oxygen atoms in total. The lowest BCUT2D eigenvalue weighted by atomic mass is 10.2. The first-order chi connectivity index (χ1) is 11.1. The molecule has 1 aromatic heterocycles. The number of aliphatic imine (C=N–C) groups is 1. The van der Waals surface area contributed by atoms with Crippen LogP contribution in [0.25, 0.3) is 0 Å². The van der Waals surface area contributed by atoms with E-state index in [1.165, 1.54) is 5.56 Å². The van der Waals surface area contributed by atoms with Crippen LogP contribution in [0.2, 0.25) is 5.02 Å². The molecule has 0 bridgehead atoms. The number of aromatic nitrogens is 1. The summed E-state index contributed by atoms with van der Waals surface area (Å²) in [6, 6.07) is 7.92. The van der Waals surface area contributed by atoms with Gasteiger partial charge in [0, 0.05) is 43.5 Å². The Kier molecular flexibility index (Phi) is 6.86. The number of rotatable bonds is 6. The number of thiazole rings is 1. The van der Waals surface area contributed by atoms with Crippen LogP contribution >= 0.6 is 22.9 Å². The van der Waals surface area contributed by atoms with Crippen LogP contribution in [0, 0.1) is 6.92 Å². The second-order valence-corrected chi connectivity index (χ2v) is 6.82. The number of aryl methyl sites for hydroxylation is 1. The van der Waals surface area contributed by atoms with Gasteiger partial charge in [-0.15, -0.1) is 11.3 Å². The lowest BCUT2D eigenvalue weighted by molar-refractivity contribution is 0.477. The number of halogens is 1. The fourth-order valence-corrected chi connectivity index (χ4v) is 2.98. The van der Waals surface area contributed by atoms with Crippen LogP contribution < -0.4 is 5.32 Å². The van der Waals surface area contributed by atoms with Gasteiger partial charge in [0.05, 0.1) is 10.7 Å². The summed E-state index contributed by atoms with van der Waals surface area (Å²) in [5.74, 6) is 0.911. The van der Waals surface area contributed by atoms with Gasteiger partial charge in [-0.05, 0) is 31.5 Å². The Labute approximate surface area is 147 Å². The summed E-state index contributed by atoms with van der Waals surface area (Å²) in [5.41, 5.74) is 2.32. The topological polar surface area (TPSA) is 40.5 Å². The van der Waals surface area contributed by atoms with Crippen LogP contribution in [0.5, 0.6) is 0 Å². The molecule has 0 saturated heterocycles. The minimum atomic E-state index is 0.733. The maximum atomic E-state index is 5.93. The molecule has 0 fully saturated rings. The molecule has 2 rings (SSSR count). The van der Waals surface area contributed by atoms with Gasteiger partial charge in [0.25, 0.3) is 0 Å². The van der Waals surface area contributed by atoms with Gasteiger partial charge in [0.15, 0.2) is 5.96 Å². The summed E-state index contributed by atoms with van der Waals surface area (Å²) in [4.78, 5) is 11.3. The van der Waals surface area contributed by atoms with Crippen molar-refractivity contribution in [3.05, 3.63) is 50.9 Å². The highest BCUT2D eigenvalue weighted by molar-refractivity contribution is 7.09. The van der Waals surface area contributed by atoms with Gasteiger partial charge in [0.2, 0.25) is 0 Å². The predicted molar refractivity (Wildman–Crippen MR) is 99.5 cm³/mol. The third kappa shape index (κ3) is 5.84. The third-order valence-electron chi connectivity index (χ3n) is 3.33. The summed E-state index contributed by atoms with van der Waals surface area (Å²) in [5, 5.41) is 7.31. The normalized spacial score (nSPS) is 11.6. The van der Waals surface area contributed by atoms with E-state index >= 15 is 0 Å². The number of hydrogen-bond acceptors (Lipinski definition) is 3. The minimum Gasteiger partial charge on any atom is -0.357 e. The van der Waals surface area contributed by atoms with E-state index in [-0.39, 0.29) is 0 Å². The van der Waals surface area contributed by atoms with E-state index in [2.05, 4.69) is 27.5 Å². The van der Waals surface area contributed by atoms with E-state index in [0.717, 1.165) is 47.7 Å². The van der Waals surface area contributed by atoms with E-state index in [1.54, 1.807) is 11.3 Å². The second-order valence-electron chi connectivity index (χ2n) is 5.33. The molecule has 1 aromatic carbocycles. The zero-order valence-corrected chi connectivity index (χ0v) is 15.4. The van der Waals surface area contributed by atoms with Gasteiger partial charge in [-0.2, -0.15) is 0 Å². The van der Waals surface area contributed by atoms with Crippen LogP contribution in [0.3, 0.4) is 0 Å². The van der Waals surface area contributed by atoms with Crippen molar-refractivity contribution < 1.29 is 0 Å². The van der Waals surface area contributed by atoms with Crippen molar-refractivity contribution in [1.82, 2.24) is 15.2 Å². The number of guanidine groups is 1. The van der Waals surface area contributed by atoms with Gasteiger partial charge in [-0.25, -0.2) is 4.98 Å². The lowest BCUT2D eigenvalue weighted by Gasteiger charge is -2.22. The highest BCUT2D eigenvalue weighted by Crippen LogP contribution is 2.11. The molecule has 0 saturated carbocycles. The zero-order valence-electron chi connectivity index (χ0n) is 13.8. The van der Waals surface area contributed by atoms with Crippen molar-refractivity contribution in [2.45, 2.75) is 26.8 Å². The van der Waals surface area contributed by atoms with Crippen LogP contribution in [-0.4, -0.2) is 36.0 Å². The molecule has 0 spiro atoms. The molecule has 1 heterocycles. The highest BCUT2D eigenvalue weighted by Gasteiger charge is 2.07. The molecular formula is C17H23ClN4S. The molecule has 0 atom stereocenters. The van der Waals surface area contributed by atoms with E-state index in [0.29, 0.717) is 0 Å². The molecule has 0 unspecified atom stereocenters. The van der Waals surface area contributed by atoms with Crippen molar-refractivity contribution >= 4 is 28.9 Å². The lowest BCUT2D eigenvalue weighted by Crippen LogP contribution is -2.38. The van der Waals surface area contributed by atoms with E-state index in [9.17, 15) is 0 Å². The molecule has 0 radical (unpaired) electrons. The quantitative estimate of drug-likeness (QED) is 0.637. The van der Waals surface area contributed by atoms with Gasteiger partial charge < -0.3 is 10.2 Å². The van der Waals surface area contributed by atoms with Crippen molar-refractivity contribution in [2.24, 2.45) is 4.99 Å². The van der Waals surface area contributed by atoms with Crippen molar-refractivity contribution in [3.63, 3.8) is 0 Å². The molecule has 6 heteroatoms. The number of benzene rings is 1. The fraction of sp³-hybridized carbons (Fsp3) is 0.412. The van der Waals surface area contributed by atoms with Gasteiger partial charge in [-0.3, -0.25) is 4.99 Å². The first kappa shape index (κ1) is 17.8. The van der Waals surface area contributed by atoms with Crippen molar-refractivity contribution in [2.75, 3.05) is 20.1 Å². The predicted octanol–water partition coefficient (Wildman–Crippen LogP) is 3.74. The van der Waals surface area contributed by atoms with E-state index < -0.39 is 0 Å². The minimum absolute atomic E-state index is 0.733. The summed E-state index contributed by atoms with van der Waals surface area (Å²) in [6.45, 7) is 6.48. The molecule has 0 aliphatic heterocycles. The first-order valence-corrected chi connectivity index (χ1v) is 8.99. The Morgan fingerprint density at radius 2 is 2.09 bits per heavy atom. The van der Waals surface area contributed by atoms with E-state index in [4.69, 9.17) is 16.6 Å². The SMILES string of the molecule is CCNC(=NCCc1csc(C)n1)N(C)Cc1ccc(Cl)cc1. The Hall–Kier alpha value is -1.59. The van der Waals surface area contributed by atoms with Gasteiger partial charge in [0.1, 0.15) is 0 Å². The molecule has 2 aromatic rings. The van der Waals surface area contributed by atoms with Crippen LogP contribution in [0.4, 0.5) is 0 Å². The number of nitrogens with zero attached hydrogens (tertiary/aromatic N) is 3. The molecule has 0 aliphatic carbocycles. The smallest absolute Gasteiger partial charge is 0.193 e. The number of hydrogen-bond donors (Lipinski definition) is 1. The maximum Gasteiger partial charge on any atom is 0.193 e. The average Bonchev–Trinajstić information content (AvgIpc) is 2.94. The summed E-state index contributed by atoms with van der Waals surface area (Å²) >= 11 is 7.62. The Morgan fingerprint density at radius 3 is 2.70 bits per heavy atom. The van der Waals surface area contributed by atoms with Crippen LogP contribution in [0.15, 0.2) is 34.6 Å². The average molecular weight is 351 g/mol. The van der Waals surface area contributed by atoms with Crippen LogP contribution in [-0.2, 0) is 13.0 Å². The van der Waals surface area contributed by atoms with Crippen molar-refractivity contribution in [3.8, 4) is 0 Å². The summed E-state index contributed by atoms with van der Waals surface area (Å²) in [6.07, 6.45) is 0.869. The molecule has 124 valence electrons. The molecule has 23 heavy (non-hydrogen) atoms. The van der Waals surface area contributed by atoms with Crippen LogP contribution in [0.1, 0.15) is 23.2 Å². The highest BCUT2D eigenvalue weighted by atomic mass is 35.5. The van der Waals surface area contributed by atoms with Gasteiger partial charge >= 0.3 is 0 Å². The Balaban J connectivity index is 1.95. The fourth-order valence-electron chi connectivity index (χ4n) is 2.21. The van der Waals surface area contributed by atoms with Crippen molar-refractivity contribution in [1.29, 1.82) is 0 Å². The maximum absolute atomic E-state index is 5.93. The van der Waals surface area contributed by atoms with E-state index in [1.807, 2.05) is 38.2 Å². The third-order valence-corrected chi connectivity index (χ3v) is 4.40. The number of nitrogens with one attached hydrogen (secondary N) is 1. The molecule has 1 N–H and O–H groups in total. The molecule has 0 amide bonds. The largest absolute Gasteiger partial charge is 0.357 e. The van der Waals surface area contributed by atoms with Gasteiger partial charge in [-0.1, -0.05) is 23.7 Å². The Morgan fingerprint density at radius 1 is 1.35 bits per heavy atom. The first-order valence-electron chi connectivity index (χ1n) is 7.73. The second kappa shape index (κ2) is 8.89. The summed E-state index contributed by atoms with van der Waals surface area (Å²) < 4.78 is 0. The monoisotopic (exact) mass is 350 g/mol.